The zero-order valence-corrected chi connectivity index (χ0v) is 17.3. The van der Waals surface area contributed by atoms with Crippen LogP contribution in [0.2, 0.25) is 0 Å². The molecular formula is C23H28N4O2. The molecule has 0 aliphatic carbocycles. The molecule has 6 heteroatoms. The minimum atomic E-state index is -0.102. The molecule has 2 N–H and O–H groups in total. The van der Waals surface area contributed by atoms with Crippen molar-refractivity contribution >= 4 is 28.5 Å². The fourth-order valence-corrected chi connectivity index (χ4v) is 3.51. The number of aryl methyl sites for hydroxylation is 2. The minimum absolute atomic E-state index is 0.0442. The third-order valence-corrected chi connectivity index (χ3v) is 4.69. The van der Waals surface area contributed by atoms with Gasteiger partial charge in [-0.1, -0.05) is 25.1 Å². The Morgan fingerprint density at radius 3 is 2.48 bits per heavy atom. The Bertz CT molecular complexity index is 1000. The Kier molecular flexibility index (Phi) is 6.65. The molecule has 0 saturated heterocycles. The summed E-state index contributed by atoms with van der Waals surface area (Å²) in [7, 11) is 0. The Labute approximate surface area is 171 Å². The predicted octanol–water partition coefficient (Wildman–Crippen LogP) is 3.75. The van der Waals surface area contributed by atoms with Crippen LogP contribution in [0.1, 0.15) is 36.7 Å². The van der Waals surface area contributed by atoms with Crippen LogP contribution < -0.4 is 10.6 Å². The van der Waals surface area contributed by atoms with Crippen molar-refractivity contribution in [2.45, 2.75) is 46.6 Å². The number of imidazole rings is 1. The van der Waals surface area contributed by atoms with Crippen LogP contribution in [0.5, 0.6) is 0 Å². The van der Waals surface area contributed by atoms with Gasteiger partial charge >= 0.3 is 0 Å². The summed E-state index contributed by atoms with van der Waals surface area (Å²) in [5.41, 5.74) is 4.78. The van der Waals surface area contributed by atoms with Crippen LogP contribution >= 0.6 is 0 Å². The van der Waals surface area contributed by atoms with E-state index in [9.17, 15) is 9.59 Å². The van der Waals surface area contributed by atoms with Crippen molar-refractivity contribution in [3.63, 3.8) is 0 Å². The predicted molar refractivity (Wildman–Crippen MR) is 116 cm³/mol. The van der Waals surface area contributed by atoms with Gasteiger partial charge < -0.3 is 15.2 Å². The summed E-state index contributed by atoms with van der Waals surface area (Å²) in [6, 6.07) is 13.8. The van der Waals surface area contributed by atoms with E-state index in [1.165, 1.54) is 0 Å². The molecule has 0 radical (unpaired) electrons. The lowest BCUT2D eigenvalue weighted by molar-refractivity contribution is -0.121. The van der Waals surface area contributed by atoms with Gasteiger partial charge in [-0.3, -0.25) is 9.59 Å². The number of fused-ring (bicyclic) bond motifs is 1. The van der Waals surface area contributed by atoms with Crippen molar-refractivity contribution < 1.29 is 9.59 Å². The number of aromatic nitrogens is 2. The summed E-state index contributed by atoms with van der Waals surface area (Å²) in [6.45, 7) is 6.67. The molecule has 29 heavy (non-hydrogen) atoms. The Balaban J connectivity index is 1.76. The monoisotopic (exact) mass is 392 g/mol. The molecule has 6 nitrogen and oxygen atoms in total. The normalized spacial score (nSPS) is 10.9. The van der Waals surface area contributed by atoms with Gasteiger partial charge in [0.15, 0.2) is 0 Å². The molecule has 3 aromatic rings. The first-order chi connectivity index (χ1) is 14.0. The number of nitrogens with zero attached hydrogens (tertiary/aromatic N) is 2. The van der Waals surface area contributed by atoms with E-state index in [-0.39, 0.29) is 18.4 Å². The van der Waals surface area contributed by atoms with Gasteiger partial charge in [-0.25, -0.2) is 4.98 Å². The summed E-state index contributed by atoms with van der Waals surface area (Å²) >= 11 is 0. The van der Waals surface area contributed by atoms with Gasteiger partial charge in [-0.2, -0.15) is 0 Å². The second kappa shape index (κ2) is 9.37. The van der Waals surface area contributed by atoms with E-state index in [4.69, 9.17) is 0 Å². The first-order valence-electron chi connectivity index (χ1n) is 10.0. The van der Waals surface area contributed by atoms with Gasteiger partial charge in [0.25, 0.3) is 0 Å². The van der Waals surface area contributed by atoms with Crippen LogP contribution in [0, 0.1) is 13.8 Å². The largest absolute Gasteiger partial charge is 0.356 e. The molecule has 0 bridgehead atoms. The standard InChI is InChI=1S/C23H28N4O2/c1-4-7-22(28)24-11-10-21-26-19-8-5-6-9-20(19)27(21)15-23(29)25-18-13-16(2)12-17(3)14-18/h5-6,8-9,12-14H,4,7,10-11,15H2,1-3H3,(H,24,28)(H,25,29). The second-order valence-corrected chi connectivity index (χ2v) is 7.38. The van der Waals surface area contributed by atoms with Crippen molar-refractivity contribution in [1.29, 1.82) is 0 Å². The average molecular weight is 393 g/mol. The summed E-state index contributed by atoms with van der Waals surface area (Å²) in [5, 5.41) is 5.90. The van der Waals surface area contributed by atoms with E-state index in [1.54, 1.807) is 0 Å². The lowest BCUT2D eigenvalue weighted by Gasteiger charge is -2.11. The van der Waals surface area contributed by atoms with E-state index >= 15 is 0 Å². The van der Waals surface area contributed by atoms with Crippen molar-refractivity contribution in [2.24, 2.45) is 0 Å². The average Bonchev–Trinajstić information content (AvgIpc) is 2.98. The molecule has 0 saturated carbocycles. The molecule has 0 unspecified atom stereocenters. The van der Waals surface area contributed by atoms with Crippen molar-refractivity contribution in [3.8, 4) is 0 Å². The molecule has 0 spiro atoms. The number of para-hydroxylation sites is 2. The topological polar surface area (TPSA) is 76.0 Å². The van der Waals surface area contributed by atoms with Gasteiger partial charge in [0, 0.05) is 25.1 Å². The number of anilines is 1. The van der Waals surface area contributed by atoms with Crippen LogP contribution in [-0.4, -0.2) is 27.9 Å². The molecule has 3 rings (SSSR count). The van der Waals surface area contributed by atoms with E-state index in [0.29, 0.717) is 19.4 Å². The number of carbonyl (C=O) groups excluding carboxylic acids is 2. The SMILES string of the molecule is CCCC(=O)NCCc1nc2ccccc2n1CC(=O)Nc1cc(C)cc(C)c1. The summed E-state index contributed by atoms with van der Waals surface area (Å²) in [4.78, 5) is 29.1. The van der Waals surface area contributed by atoms with Crippen molar-refractivity contribution in [2.75, 3.05) is 11.9 Å². The number of carbonyl (C=O) groups is 2. The number of amides is 2. The Hall–Kier alpha value is -3.15. The maximum absolute atomic E-state index is 12.7. The molecular weight excluding hydrogens is 364 g/mol. The highest BCUT2D eigenvalue weighted by Crippen LogP contribution is 2.18. The quantitative estimate of drug-likeness (QED) is 0.613. The fraction of sp³-hybridized carbons (Fsp3) is 0.348. The van der Waals surface area contributed by atoms with Crippen LogP contribution in [0.25, 0.3) is 11.0 Å². The summed E-state index contributed by atoms with van der Waals surface area (Å²) < 4.78 is 1.93. The lowest BCUT2D eigenvalue weighted by atomic mass is 10.1. The first kappa shape index (κ1) is 20.6. The molecule has 152 valence electrons. The Morgan fingerprint density at radius 1 is 1.03 bits per heavy atom. The van der Waals surface area contributed by atoms with Gasteiger partial charge in [0.05, 0.1) is 11.0 Å². The molecule has 0 aliphatic rings. The number of nitrogens with one attached hydrogen (secondary N) is 2. The maximum Gasteiger partial charge on any atom is 0.244 e. The van der Waals surface area contributed by atoms with Crippen LogP contribution in [0.3, 0.4) is 0 Å². The van der Waals surface area contributed by atoms with Gasteiger partial charge in [0.1, 0.15) is 12.4 Å². The van der Waals surface area contributed by atoms with Crippen molar-refractivity contribution in [3.05, 3.63) is 59.4 Å². The highest BCUT2D eigenvalue weighted by atomic mass is 16.2. The molecule has 0 fully saturated rings. The highest BCUT2D eigenvalue weighted by molar-refractivity contribution is 5.92. The van der Waals surface area contributed by atoms with E-state index < -0.39 is 0 Å². The number of hydrogen-bond acceptors (Lipinski definition) is 3. The van der Waals surface area contributed by atoms with E-state index in [1.807, 2.05) is 61.7 Å². The fourth-order valence-electron chi connectivity index (χ4n) is 3.51. The maximum atomic E-state index is 12.7. The van der Waals surface area contributed by atoms with Crippen LogP contribution in [0.15, 0.2) is 42.5 Å². The molecule has 0 aliphatic heterocycles. The number of rotatable bonds is 8. The lowest BCUT2D eigenvalue weighted by Crippen LogP contribution is -2.27. The second-order valence-electron chi connectivity index (χ2n) is 7.38. The molecule has 0 atom stereocenters. The minimum Gasteiger partial charge on any atom is -0.356 e. The zero-order valence-electron chi connectivity index (χ0n) is 17.3. The Morgan fingerprint density at radius 2 is 1.76 bits per heavy atom. The molecule has 1 aromatic heterocycles. The third-order valence-electron chi connectivity index (χ3n) is 4.69. The summed E-state index contributed by atoms with van der Waals surface area (Å²) in [6.07, 6.45) is 1.92. The van der Waals surface area contributed by atoms with Crippen molar-refractivity contribution in [1.82, 2.24) is 14.9 Å². The smallest absolute Gasteiger partial charge is 0.244 e. The molecule has 2 aromatic carbocycles. The van der Waals surface area contributed by atoms with Gasteiger partial charge in [-0.05, 0) is 55.7 Å². The van der Waals surface area contributed by atoms with Crippen LogP contribution in [0.4, 0.5) is 5.69 Å². The first-order valence-corrected chi connectivity index (χ1v) is 10.0. The van der Waals surface area contributed by atoms with E-state index in [0.717, 1.165) is 40.1 Å². The molecule has 2 amide bonds. The van der Waals surface area contributed by atoms with Gasteiger partial charge in [0.2, 0.25) is 11.8 Å². The van der Waals surface area contributed by atoms with E-state index in [2.05, 4.69) is 21.7 Å². The van der Waals surface area contributed by atoms with Gasteiger partial charge in [-0.15, -0.1) is 0 Å². The summed E-state index contributed by atoms with van der Waals surface area (Å²) in [5.74, 6) is 0.732. The number of benzene rings is 2. The third kappa shape index (κ3) is 5.44. The number of hydrogen-bond donors (Lipinski definition) is 2. The zero-order chi connectivity index (χ0) is 20.8. The highest BCUT2D eigenvalue weighted by Gasteiger charge is 2.14. The van der Waals surface area contributed by atoms with Crippen LogP contribution in [-0.2, 0) is 22.6 Å². The molecule has 1 heterocycles.